The number of pyridine rings is 1. The molecule has 0 fully saturated rings. The van der Waals surface area contributed by atoms with E-state index in [4.69, 9.17) is 16.3 Å². The fraction of sp³-hybridized carbons (Fsp3) is 0.179. The lowest BCUT2D eigenvalue weighted by atomic mass is 10.1. The maximum absolute atomic E-state index is 13.3. The largest absolute Gasteiger partial charge is 0.448 e. The molecular formula is C28H22ClF3N4O4S. The Morgan fingerprint density at radius 3 is 2.59 bits per heavy atom. The molecule has 0 spiro atoms. The number of aromatic nitrogens is 3. The lowest BCUT2D eigenvalue weighted by molar-refractivity contribution is -0.137. The van der Waals surface area contributed by atoms with Crippen LogP contribution >= 0.6 is 11.6 Å². The van der Waals surface area contributed by atoms with Gasteiger partial charge in [0.25, 0.3) is 11.3 Å². The van der Waals surface area contributed by atoms with Crippen molar-refractivity contribution in [1.82, 2.24) is 14.5 Å². The molecule has 0 bridgehead atoms. The van der Waals surface area contributed by atoms with Gasteiger partial charge < -0.3 is 4.74 Å². The van der Waals surface area contributed by atoms with Crippen LogP contribution in [0.2, 0.25) is 5.02 Å². The quantitative estimate of drug-likeness (QED) is 0.199. The van der Waals surface area contributed by atoms with E-state index in [1.807, 2.05) is 6.92 Å². The van der Waals surface area contributed by atoms with Gasteiger partial charge in [-0.1, -0.05) is 42.8 Å². The number of fused-ring (bicyclic) bond motifs is 2. The normalized spacial score (nSPS) is 12.5. The van der Waals surface area contributed by atoms with Crippen LogP contribution in [0.15, 0.2) is 73.1 Å². The Morgan fingerprint density at radius 2 is 1.90 bits per heavy atom. The summed E-state index contributed by atoms with van der Waals surface area (Å²) < 4.78 is 69.6. The van der Waals surface area contributed by atoms with Crippen LogP contribution in [0.25, 0.3) is 27.5 Å². The van der Waals surface area contributed by atoms with E-state index in [2.05, 4.69) is 9.97 Å². The molecule has 1 atom stereocenters. The molecule has 13 heteroatoms. The molecule has 5 rings (SSSR count). The van der Waals surface area contributed by atoms with Gasteiger partial charge in [-0.15, -0.1) is 0 Å². The maximum atomic E-state index is 13.3. The number of anilines is 1. The second-order valence-corrected chi connectivity index (χ2v) is 10.2. The van der Waals surface area contributed by atoms with Gasteiger partial charge in [-0.3, -0.25) is 14.1 Å². The van der Waals surface area contributed by atoms with Gasteiger partial charge in [0.15, 0.2) is 0 Å². The van der Waals surface area contributed by atoms with Gasteiger partial charge >= 0.3 is 12.3 Å². The zero-order valence-corrected chi connectivity index (χ0v) is 23.0. The molecule has 0 saturated carbocycles. The average molecular weight is 603 g/mol. The number of aryl methyl sites for hydroxylation is 1. The highest BCUT2D eigenvalue weighted by atomic mass is 35.5. The first-order chi connectivity index (χ1) is 19.6. The third kappa shape index (κ3) is 5.76. The molecule has 1 N–H and O–H groups in total. The van der Waals surface area contributed by atoms with Gasteiger partial charge in [0, 0.05) is 41.7 Å². The highest BCUT2D eigenvalue weighted by molar-refractivity contribution is 7.81. The summed E-state index contributed by atoms with van der Waals surface area (Å²) >= 11 is 3.30. The van der Waals surface area contributed by atoms with Crippen molar-refractivity contribution in [2.75, 3.05) is 10.9 Å². The fourth-order valence-electron chi connectivity index (χ4n) is 4.55. The number of rotatable bonds is 7. The molecule has 0 aliphatic heterocycles. The van der Waals surface area contributed by atoms with Gasteiger partial charge in [0.2, 0.25) is 0 Å². The number of carbonyl (C=O) groups excluding carboxylic acids is 1. The number of imidazole rings is 1. The molecule has 0 radical (unpaired) electrons. The van der Waals surface area contributed by atoms with Crippen LogP contribution in [0.1, 0.15) is 23.9 Å². The van der Waals surface area contributed by atoms with Gasteiger partial charge in [0.1, 0.15) is 5.82 Å². The Hall–Kier alpha value is -4.00. The monoisotopic (exact) mass is 602 g/mol. The molecule has 2 heterocycles. The minimum absolute atomic E-state index is 0.0672. The van der Waals surface area contributed by atoms with Gasteiger partial charge in [-0.2, -0.15) is 17.5 Å². The van der Waals surface area contributed by atoms with Crippen molar-refractivity contribution in [3.8, 4) is 5.69 Å². The predicted molar refractivity (Wildman–Crippen MR) is 151 cm³/mol. The van der Waals surface area contributed by atoms with Crippen LogP contribution in [0, 0.1) is 0 Å². The first-order valence-electron chi connectivity index (χ1n) is 12.4. The molecular weight excluding hydrogens is 581 g/mol. The second kappa shape index (κ2) is 11.5. The Kier molecular flexibility index (Phi) is 7.98. The molecule has 0 saturated heterocycles. The van der Waals surface area contributed by atoms with Crippen LogP contribution in [-0.2, 0) is 35.0 Å². The predicted octanol–water partition coefficient (Wildman–Crippen LogP) is 7.13. The summed E-state index contributed by atoms with van der Waals surface area (Å²) in [5.41, 5.74) is 1.37. The molecule has 0 aliphatic rings. The van der Waals surface area contributed by atoms with E-state index in [0.29, 0.717) is 44.9 Å². The summed E-state index contributed by atoms with van der Waals surface area (Å²) in [7, 11) is 0. The number of ether oxygens (including phenoxy) is 1. The highest BCUT2D eigenvalue weighted by Gasteiger charge is 2.34. The van der Waals surface area contributed by atoms with Crippen LogP contribution in [0.3, 0.4) is 0 Å². The van der Waals surface area contributed by atoms with Crippen molar-refractivity contribution in [1.29, 1.82) is 0 Å². The summed E-state index contributed by atoms with van der Waals surface area (Å²) in [6.45, 7) is 1.78. The minimum atomic E-state index is -4.60. The molecule has 2 aromatic heterocycles. The van der Waals surface area contributed by atoms with E-state index >= 15 is 0 Å². The van der Waals surface area contributed by atoms with Gasteiger partial charge in [0.05, 0.1) is 33.9 Å². The fourth-order valence-corrected chi connectivity index (χ4v) is 5.32. The number of benzene rings is 3. The van der Waals surface area contributed by atoms with E-state index in [9.17, 15) is 26.7 Å². The molecule has 5 aromatic rings. The molecule has 8 nitrogen and oxygen atoms in total. The van der Waals surface area contributed by atoms with E-state index in [1.165, 1.54) is 18.3 Å². The van der Waals surface area contributed by atoms with E-state index in [0.717, 1.165) is 11.6 Å². The van der Waals surface area contributed by atoms with Crippen LogP contribution in [-0.4, -0.2) is 36.0 Å². The number of halogens is 4. The van der Waals surface area contributed by atoms with Crippen molar-refractivity contribution in [3.05, 3.63) is 95.0 Å². The number of amides is 1. The van der Waals surface area contributed by atoms with Crippen molar-refractivity contribution >= 4 is 56.5 Å². The zero-order valence-electron chi connectivity index (χ0n) is 21.4. The lowest BCUT2D eigenvalue weighted by Gasteiger charge is -2.19. The summed E-state index contributed by atoms with van der Waals surface area (Å²) in [4.78, 5) is 21.2. The lowest BCUT2D eigenvalue weighted by Crippen LogP contribution is -2.33. The van der Waals surface area contributed by atoms with Crippen molar-refractivity contribution in [3.63, 3.8) is 0 Å². The highest BCUT2D eigenvalue weighted by Crippen LogP contribution is 2.38. The van der Waals surface area contributed by atoms with Crippen molar-refractivity contribution in [2.24, 2.45) is 0 Å². The average Bonchev–Trinajstić information content (AvgIpc) is 3.30. The number of carbonyl (C=O) groups is 1. The molecule has 1 amide bonds. The SMILES string of the molecule is CCc1nc2cc(C(F)(F)F)c(Cl)cc2n1-c1ccc(CCOC(=O)N(c2cccc3cnccc23)S(=O)O)cc1. The molecule has 212 valence electrons. The molecule has 1 unspecified atom stereocenters. The Bertz CT molecular complexity index is 1770. The van der Waals surface area contributed by atoms with Crippen molar-refractivity contribution < 1.29 is 31.5 Å². The van der Waals surface area contributed by atoms with E-state index in [1.54, 1.807) is 53.2 Å². The maximum Gasteiger partial charge on any atom is 0.428 e. The van der Waals surface area contributed by atoms with Crippen molar-refractivity contribution in [2.45, 2.75) is 25.9 Å². The molecule has 41 heavy (non-hydrogen) atoms. The van der Waals surface area contributed by atoms with Gasteiger partial charge in [-0.25, -0.2) is 14.0 Å². The zero-order chi connectivity index (χ0) is 29.3. The van der Waals surface area contributed by atoms with Crippen LogP contribution in [0.5, 0.6) is 0 Å². The molecule has 0 aliphatic carbocycles. The third-order valence-corrected chi connectivity index (χ3v) is 7.41. The Labute approximate surface area is 239 Å². The smallest absolute Gasteiger partial charge is 0.428 e. The molecule has 3 aromatic carbocycles. The van der Waals surface area contributed by atoms with E-state index < -0.39 is 34.1 Å². The first kappa shape index (κ1) is 28.5. The number of nitrogens with zero attached hydrogens (tertiary/aromatic N) is 4. The Morgan fingerprint density at radius 1 is 1.15 bits per heavy atom. The summed E-state index contributed by atoms with van der Waals surface area (Å²) in [6.07, 6.45) is -1.70. The minimum Gasteiger partial charge on any atom is -0.448 e. The van der Waals surface area contributed by atoms with E-state index in [-0.39, 0.29) is 17.8 Å². The van der Waals surface area contributed by atoms with Crippen LogP contribution < -0.4 is 4.31 Å². The summed E-state index contributed by atoms with van der Waals surface area (Å²) in [6, 6.07) is 15.9. The summed E-state index contributed by atoms with van der Waals surface area (Å²) in [5, 5.41) is 0.838. The van der Waals surface area contributed by atoms with Crippen LogP contribution in [0.4, 0.5) is 23.7 Å². The first-order valence-corrected chi connectivity index (χ1v) is 13.8. The topological polar surface area (TPSA) is 97.6 Å². The number of hydrogen-bond acceptors (Lipinski definition) is 5. The second-order valence-electron chi connectivity index (χ2n) is 8.97. The third-order valence-electron chi connectivity index (χ3n) is 6.44. The summed E-state index contributed by atoms with van der Waals surface area (Å²) in [5.74, 6) is 0.568. The standard InChI is InChI=1S/C28H22ClF3N4O4S/c1-2-26-34-23-14-21(28(30,31)32)22(29)15-25(23)35(26)19-8-6-17(7-9-19)11-13-40-27(37)36(41(38)39)24-5-3-4-18-16-33-12-10-20(18)24/h3-10,12,14-16H,2,11,13H2,1H3,(H,38,39). The number of alkyl halides is 3. The van der Waals surface area contributed by atoms with Gasteiger partial charge in [-0.05, 0) is 42.0 Å². The number of hydrogen-bond donors (Lipinski definition) is 1. The Balaban J connectivity index is 1.32.